The summed E-state index contributed by atoms with van der Waals surface area (Å²) in [4.78, 5) is 22.0. The van der Waals surface area contributed by atoms with Crippen molar-refractivity contribution < 1.29 is 9.53 Å². The van der Waals surface area contributed by atoms with Gasteiger partial charge in [0.25, 0.3) is 0 Å². The Morgan fingerprint density at radius 2 is 2.04 bits per heavy atom. The molecule has 1 aromatic heterocycles. The molecule has 1 aromatic carbocycles. The number of rotatable bonds is 5. The normalized spacial score (nSPS) is 18.5. The summed E-state index contributed by atoms with van der Waals surface area (Å²) >= 11 is 0. The van der Waals surface area contributed by atoms with E-state index in [-0.39, 0.29) is 18.4 Å². The van der Waals surface area contributed by atoms with Crippen LogP contribution in [0.3, 0.4) is 0 Å². The molecule has 0 spiro atoms. The minimum absolute atomic E-state index is 0.190. The van der Waals surface area contributed by atoms with Gasteiger partial charge in [0.15, 0.2) is 0 Å². The number of hydrogen-bond donors (Lipinski definition) is 1. The minimum Gasteiger partial charge on any atom is -0.437 e. The minimum atomic E-state index is -0.300. The van der Waals surface area contributed by atoms with E-state index in [1.165, 1.54) is 0 Å². The maximum Gasteiger partial charge on any atom is 0.241 e. The van der Waals surface area contributed by atoms with Crippen molar-refractivity contribution >= 4 is 5.91 Å². The van der Waals surface area contributed by atoms with Gasteiger partial charge in [-0.3, -0.25) is 14.7 Å². The molecule has 1 aliphatic heterocycles. The fourth-order valence-electron chi connectivity index (χ4n) is 2.94. The molecule has 1 fully saturated rings. The number of hydrogen-bond acceptors (Lipinski definition) is 5. The number of amides is 1. The van der Waals surface area contributed by atoms with E-state index in [1.807, 2.05) is 30.3 Å². The number of piperidine rings is 1. The number of primary amides is 1. The molecule has 2 aromatic rings. The maximum atomic E-state index is 11.1. The molecular weight excluding hydrogens is 292 g/mol. The van der Waals surface area contributed by atoms with Gasteiger partial charge in [0, 0.05) is 24.9 Å². The van der Waals surface area contributed by atoms with Gasteiger partial charge in [-0.05, 0) is 31.5 Å². The Morgan fingerprint density at radius 1 is 1.26 bits per heavy atom. The Balaban J connectivity index is 1.78. The van der Waals surface area contributed by atoms with E-state index in [2.05, 4.69) is 14.9 Å². The van der Waals surface area contributed by atoms with Crippen LogP contribution in [-0.2, 0) is 4.79 Å². The number of para-hydroxylation sites is 1. The van der Waals surface area contributed by atoms with Crippen LogP contribution >= 0.6 is 0 Å². The highest BCUT2D eigenvalue weighted by atomic mass is 16.5. The molecule has 3 rings (SSSR count). The maximum absolute atomic E-state index is 11.1. The highest BCUT2D eigenvalue weighted by molar-refractivity contribution is 5.75. The number of carbonyl (C=O) groups is 1. The summed E-state index contributed by atoms with van der Waals surface area (Å²) in [6, 6.07) is 9.55. The summed E-state index contributed by atoms with van der Waals surface area (Å²) in [6.07, 6.45) is 5.31. The third-order valence-electron chi connectivity index (χ3n) is 3.92. The lowest BCUT2D eigenvalue weighted by Gasteiger charge is -2.31. The fourth-order valence-corrected chi connectivity index (χ4v) is 2.94. The van der Waals surface area contributed by atoms with E-state index in [0.717, 1.165) is 37.4 Å². The van der Waals surface area contributed by atoms with E-state index < -0.39 is 0 Å². The molecule has 1 aliphatic rings. The van der Waals surface area contributed by atoms with Crippen LogP contribution in [0.25, 0.3) is 0 Å². The first kappa shape index (κ1) is 15.4. The highest BCUT2D eigenvalue weighted by Gasteiger charge is 2.26. The number of nitrogens with zero attached hydrogens (tertiary/aromatic N) is 3. The van der Waals surface area contributed by atoms with Crippen LogP contribution in [0.4, 0.5) is 0 Å². The average Bonchev–Trinajstić information content (AvgIpc) is 2.56. The number of carbonyl (C=O) groups excluding carboxylic acids is 1. The van der Waals surface area contributed by atoms with Crippen molar-refractivity contribution in [3.63, 3.8) is 0 Å². The number of ether oxygens (including phenoxy) is 1. The number of aromatic nitrogens is 2. The fraction of sp³-hybridized carbons (Fsp3) is 0.353. The van der Waals surface area contributed by atoms with Gasteiger partial charge < -0.3 is 10.5 Å². The second-order valence-corrected chi connectivity index (χ2v) is 5.70. The van der Waals surface area contributed by atoms with Crippen LogP contribution in [0.2, 0.25) is 0 Å². The molecular formula is C17H20N4O2. The van der Waals surface area contributed by atoms with Gasteiger partial charge in [-0.2, -0.15) is 0 Å². The van der Waals surface area contributed by atoms with Crippen LogP contribution < -0.4 is 10.5 Å². The average molecular weight is 312 g/mol. The quantitative estimate of drug-likeness (QED) is 0.912. The lowest BCUT2D eigenvalue weighted by atomic mass is 9.94. The van der Waals surface area contributed by atoms with E-state index >= 15 is 0 Å². The second-order valence-electron chi connectivity index (χ2n) is 5.70. The van der Waals surface area contributed by atoms with Crippen molar-refractivity contribution in [1.82, 2.24) is 14.9 Å². The zero-order valence-corrected chi connectivity index (χ0v) is 12.9. The molecule has 0 unspecified atom stereocenters. The zero-order chi connectivity index (χ0) is 16.1. The van der Waals surface area contributed by atoms with Crippen molar-refractivity contribution in [2.45, 2.75) is 18.8 Å². The van der Waals surface area contributed by atoms with Crippen LogP contribution in [0.5, 0.6) is 11.6 Å². The standard InChI is InChI=1S/C17H20N4O2/c18-15(22)12-21-10-4-5-13(11-21)16-17(20-9-8-19-16)23-14-6-2-1-3-7-14/h1-3,6-9,13H,4-5,10-12H2,(H2,18,22)/t13-/m1/s1. The van der Waals surface area contributed by atoms with E-state index in [0.29, 0.717) is 5.88 Å². The Morgan fingerprint density at radius 3 is 2.83 bits per heavy atom. The van der Waals surface area contributed by atoms with Crippen LogP contribution in [0, 0.1) is 0 Å². The second kappa shape index (κ2) is 7.19. The first-order valence-electron chi connectivity index (χ1n) is 7.77. The molecule has 2 N–H and O–H groups in total. The summed E-state index contributed by atoms with van der Waals surface area (Å²) in [5.74, 6) is 1.16. The first-order chi connectivity index (χ1) is 11.2. The number of benzene rings is 1. The van der Waals surface area contributed by atoms with Gasteiger partial charge >= 0.3 is 0 Å². The first-order valence-corrected chi connectivity index (χ1v) is 7.77. The lowest BCUT2D eigenvalue weighted by Crippen LogP contribution is -2.40. The van der Waals surface area contributed by atoms with Crippen LogP contribution in [-0.4, -0.2) is 40.4 Å². The monoisotopic (exact) mass is 312 g/mol. The predicted octanol–water partition coefficient (Wildman–Crippen LogP) is 1.93. The number of likely N-dealkylation sites (tertiary alicyclic amines) is 1. The topological polar surface area (TPSA) is 81.3 Å². The molecule has 0 bridgehead atoms. The van der Waals surface area contributed by atoms with Gasteiger partial charge in [0.2, 0.25) is 11.8 Å². The molecule has 0 radical (unpaired) electrons. The molecule has 120 valence electrons. The van der Waals surface area contributed by atoms with Gasteiger partial charge in [-0.1, -0.05) is 18.2 Å². The Hall–Kier alpha value is -2.47. The number of nitrogens with two attached hydrogens (primary N) is 1. The van der Waals surface area contributed by atoms with Gasteiger partial charge in [0.1, 0.15) is 11.4 Å². The molecule has 23 heavy (non-hydrogen) atoms. The molecule has 6 nitrogen and oxygen atoms in total. The summed E-state index contributed by atoms with van der Waals surface area (Å²) < 4.78 is 5.90. The summed E-state index contributed by atoms with van der Waals surface area (Å²) in [5, 5.41) is 0. The third kappa shape index (κ3) is 4.04. The van der Waals surface area contributed by atoms with Crippen LogP contribution in [0.1, 0.15) is 24.5 Å². The van der Waals surface area contributed by atoms with E-state index in [4.69, 9.17) is 10.5 Å². The molecule has 1 saturated heterocycles. The Bertz CT molecular complexity index is 663. The smallest absolute Gasteiger partial charge is 0.241 e. The summed E-state index contributed by atoms with van der Waals surface area (Å²) in [7, 11) is 0. The molecule has 0 saturated carbocycles. The van der Waals surface area contributed by atoms with Gasteiger partial charge in [-0.15, -0.1) is 0 Å². The highest BCUT2D eigenvalue weighted by Crippen LogP contribution is 2.32. The molecule has 0 aliphatic carbocycles. The van der Waals surface area contributed by atoms with E-state index in [1.54, 1.807) is 12.4 Å². The molecule has 6 heteroatoms. The van der Waals surface area contributed by atoms with Gasteiger partial charge in [0.05, 0.1) is 6.54 Å². The third-order valence-corrected chi connectivity index (χ3v) is 3.92. The summed E-state index contributed by atoms with van der Waals surface area (Å²) in [5.41, 5.74) is 6.14. The lowest BCUT2D eigenvalue weighted by molar-refractivity contribution is -0.119. The molecule has 1 amide bonds. The predicted molar refractivity (Wildman–Crippen MR) is 86.2 cm³/mol. The Kier molecular flexibility index (Phi) is 4.83. The molecule has 2 heterocycles. The van der Waals surface area contributed by atoms with Crippen molar-refractivity contribution in [2.24, 2.45) is 5.73 Å². The Labute approximate surface area is 135 Å². The van der Waals surface area contributed by atoms with Crippen molar-refractivity contribution in [2.75, 3.05) is 19.6 Å². The van der Waals surface area contributed by atoms with E-state index in [9.17, 15) is 4.79 Å². The van der Waals surface area contributed by atoms with Gasteiger partial charge in [-0.25, -0.2) is 4.98 Å². The van der Waals surface area contributed by atoms with Crippen molar-refractivity contribution in [1.29, 1.82) is 0 Å². The van der Waals surface area contributed by atoms with Crippen LogP contribution in [0.15, 0.2) is 42.7 Å². The molecule has 1 atom stereocenters. The largest absolute Gasteiger partial charge is 0.437 e. The van der Waals surface area contributed by atoms with Crippen molar-refractivity contribution in [3.05, 3.63) is 48.4 Å². The zero-order valence-electron chi connectivity index (χ0n) is 12.9. The summed E-state index contributed by atoms with van der Waals surface area (Å²) in [6.45, 7) is 1.91. The van der Waals surface area contributed by atoms with Crippen molar-refractivity contribution in [3.8, 4) is 11.6 Å². The SMILES string of the molecule is NC(=O)CN1CCC[C@@H](c2nccnc2Oc2ccccc2)C1.